The number of aromatic nitrogens is 2. The van der Waals surface area contributed by atoms with E-state index in [-0.39, 0.29) is 6.10 Å². The van der Waals surface area contributed by atoms with Gasteiger partial charge in [0.1, 0.15) is 17.9 Å². The second-order valence-corrected chi connectivity index (χ2v) is 7.00. The van der Waals surface area contributed by atoms with Gasteiger partial charge < -0.3 is 14.5 Å². The monoisotopic (exact) mass is 387 g/mol. The van der Waals surface area contributed by atoms with E-state index in [1.807, 2.05) is 49.4 Å². The summed E-state index contributed by atoms with van der Waals surface area (Å²) in [6.07, 6.45) is 11.7. The van der Waals surface area contributed by atoms with E-state index in [9.17, 15) is 0 Å². The lowest BCUT2D eigenvalue weighted by Gasteiger charge is -2.12. The fourth-order valence-electron chi connectivity index (χ4n) is 3.55. The molecular formula is C24H25N3O2. The second kappa shape index (κ2) is 8.88. The Morgan fingerprint density at radius 3 is 2.86 bits per heavy atom. The number of nitrogens with zero attached hydrogens (tertiary/aromatic N) is 2. The van der Waals surface area contributed by atoms with Gasteiger partial charge in [-0.3, -0.25) is 0 Å². The Balaban J connectivity index is 1.80. The first-order chi connectivity index (χ1) is 14.3. The van der Waals surface area contributed by atoms with Crippen LogP contribution in [0, 0.1) is 0 Å². The zero-order valence-corrected chi connectivity index (χ0v) is 16.6. The molecule has 0 radical (unpaired) electrons. The molecule has 0 bridgehead atoms. The molecule has 1 atom stereocenters. The third-order valence-corrected chi connectivity index (χ3v) is 4.96. The summed E-state index contributed by atoms with van der Waals surface area (Å²) >= 11 is 0. The normalized spacial score (nSPS) is 16.9. The van der Waals surface area contributed by atoms with Crippen molar-refractivity contribution in [3.05, 3.63) is 73.3 Å². The molecule has 5 heteroatoms. The summed E-state index contributed by atoms with van der Waals surface area (Å²) in [5.41, 5.74) is 3.32. The third-order valence-electron chi connectivity index (χ3n) is 4.96. The highest BCUT2D eigenvalue weighted by Gasteiger charge is 2.23. The van der Waals surface area contributed by atoms with Gasteiger partial charge in [0.05, 0.1) is 11.5 Å². The molecule has 2 aromatic heterocycles. The topological polar surface area (TPSA) is 60.2 Å². The fraction of sp³-hybridized carbons (Fsp3) is 0.250. The van der Waals surface area contributed by atoms with Crippen LogP contribution in [0.3, 0.4) is 0 Å². The van der Waals surface area contributed by atoms with Gasteiger partial charge in [0.2, 0.25) is 5.71 Å². The molecule has 0 unspecified atom stereocenters. The van der Waals surface area contributed by atoms with Crippen LogP contribution in [0.1, 0.15) is 25.5 Å². The SMILES string of the molecule is C=C(/C=C\C=C/C)c1oc2ncnc(NC[C@@H]3CCCO3)c2c1-c1ccccc1. The molecule has 3 aromatic rings. The molecule has 1 aliphatic rings. The van der Waals surface area contributed by atoms with Gasteiger partial charge in [-0.1, -0.05) is 61.2 Å². The number of hydrogen-bond acceptors (Lipinski definition) is 5. The van der Waals surface area contributed by atoms with Crippen molar-refractivity contribution in [3.63, 3.8) is 0 Å². The van der Waals surface area contributed by atoms with Gasteiger partial charge in [0, 0.05) is 24.3 Å². The van der Waals surface area contributed by atoms with Crippen LogP contribution in [0.15, 0.2) is 72.0 Å². The van der Waals surface area contributed by atoms with Gasteiger partial charge >= 0.3 is 0 Å². The molecule has 3 heterocycles. The largest absolute Gasteiger partial charge is 0.437 e. The predicted octanol–water partition coefficient (Wildman–Crippen LogP) is 5.63. The number of fused-ring (bicyclic) bond motifs is 1. The Hall–Kier alpha value is -3.18. The molecule has 1 aliphatic heterocycles. The summed E-state index contributed by atoms with van der Waals surface area (Å²) in [5, 5.41) is 4.32. The Morgan fingerprint density at radius 2 is 2.10 bits per heavy atom. The van der Waals surface area contributed by atoms with Crippen molar-refractivity contribution < 1.29 is 9.15 Å². The molecule has 1 saturated heterocycles. The predicted molar refractivity (Wildman–Crippen MR) is 118 cm³/mol. The van der Waals surface area contributed by atoms with Crippen LogP contribution in [-0.4, -0.2) is 29.2 Å². The van der Waals surface area contributed by atoms with E-state index in [4.69, 9.17) is 9.15 Å². The molecule has 148 valence electrons. The van der Waals surface area contributed by atoms with Gasteiger partial charge in [-0.25, -0.2) is 9.97 Å². The van der Waals surface area contributed by atoms with Crippen molar-refractivity contribution in [2.24, 2.45) is 0 Å². The van der Waals surface area contributed by atoms with Crippen molar-refractivity contribution in [2.75, 3.05) is 18.5 Å². The fourth-order valence-corrected chi connectivity index (χ4v) is 3.55. The summed E-state index contributed by atoms with van der Waals surface area (Å²) in [4.78, 5) is 8.88. The van der Waals surface area contributed by atoms with Crippen molar-refractivity contribution in [3.8, 4) is 11.1 Å². The lowest BCUT2D eigenvalue weighted by Crippen LogP contribution is -2.19. The van der Waals surface area contributed by atoms with E-state index in [1.165, 1.54) is 6.33 Å². The Morgan fingerprint density at radius 1 is 1.24 bits per heavy atom. The molecule has 0 spiro atoms. The van der Waals surface area contributed by atoms with Crippen LogP contribution in [0.2, 0.25) is 0 Å². The molecule has 1 aromatic carbocycles. The van der Waals surface area contributed by atoms with Crippen molar-refractivity contribution in [1.29, 1.82) is 0 Å². The van der Waals surface area contributed by atoms with Crippen LogP contribution >= 0.6 is 0 Å². The number of allylic oxidation sites excluding steroid dienone is 5. The van der Waals surface area contributed by atoms with Crippen LogP contribution in [0.25, 0.3) is 27.8 Å². The van der Waals surface area contributed by atoms with E-state index >= 15 is 0 Å². The minimum atomic E-state index is 0.213. The number of hydrogen-bond donors (Lipinski definition) is 1. The molecule has 1 N–H and O–H groups in total. The molecule has 1 fully saturated rings. The third kappa shape index (κ3) is 4.15. The maximum atomic E-state index is 6.16. The van der Waals surface area contributed by atoms with Gasteiger partial charge in [-0.15, -0.1) is 0 Å². The first-order valence-corrected chi connectivity index (χ1v) is 9.95. The van der Waals surface area contributed by atoms with E-state index in [2.05, 4.69) is 34.0 Å². The van der Waals surface area contributed by atoms with Gasteiger partial charge in [0.15, 0.2) is 0 Å². The summed E-state index contributed by atoms with van der Waals surface area (Å²) < 4.78 is 11.9. The summed E-state index contributed by atoms with van der Waals surface area (Å²) in [6, 6.07) is 10.2. The average molecular weight is 387 g/mol. The summed E-state index contributed by atoms with van der Waals surface area (Å²) in [6.45, 7) is 7.73. The quantitative estimate of drug-likeness (QED) is 0.533. The number of ether oxygens (including phenoxy) is 1. The minimum absolute atomic E-state index is 0.213. The molecular weight excluding hydrogens is 362 g/mol. The molecule has 0 aliphatic carbocycles. The highest BCUT2D eigenvalue weighted by atomic mass is 16.5. The smallest absolute Gasteiger partial charge is 0.232 e. The molecule has 29 heavy (non-hydrogen) atoms. The molecule has 0 amide bonds. The standard InChI is InChI=1S/C24H25N3O2/c1-3-4-6-10-17(2)22-20(18-11-7-5-8-12-18)21-23(26-16-27-24(21)29-22)25-15-19-13-9-14-28-19/h3-8,10-12,16,19H,2,9,13-15H2,1H3,(H,25,26,27)/b4-3-,10-6-/t19-/m0/s1. The van der Waals surface area contributed by atoms with E-state index < -0.39 is 0 Å². The number of nitrogens with one attached hydrogen (secondary N) is 1. The number of benzene rings is 1. The first-order valence-electron chi connectivity index (χ1n) is 9.95. The zero-order chi connectivity index (χ0) is 20.1. The summed E-state index contributed by atoms with van der Waals surface area (Å²) in [7, 11) is 0. The summed E-state index contributed by atoms with van der Waals surface area (Å²) in [5.74, 6) is 1.46. The van der Waals surface area contributed by atoms with Crippen molar-refractivity contribution >= 4 is 22.5 Å². The van der Waals surface area contributed by atoms with Crippen LogP contribution < -0.4 is 5.32 Å². The highest BCUT2D eigenvalue weighted by Crippen LogP contribution is 2.40. The van der Waals surface area contributed by atoms with Gasteiger partial charge in [-0.2, -0.15) is 0 Å². The molecule has 5 nitrogen and oxygen atoms in total. The molecule has 0 saturated carbocycles. The van der Waals surface area contributed by atoms with E-state index in [1.54, 1.807) is 0 Å². The van der Waals surface area contributed by atoms with E-state index in [0.29, 0.717) is 18.0 Å². The number of furan rings is 1. The maximum absolute atomic E-state index is 6.16. The number of anilines is 1. The Kier molecular flexibility index (Phi) is 5.86. The minimum Gasteiger partial charge on any atom is -0.437 e. The van der Waals surface area contributed by atoms with Crippen LogP contribution in [-0.2, 0) is 4.74 Å². The lowest BCUT2D eigenvalue weighted by atomic mass is 9.99. The van der Waals surface area contributed by atoms with Crippen molar-refractivity contribution in [2.45, 2.75) is 25.9 Å². The first kappa shape index (κ1) is 19.2. The van der Waals surface area contributed by atoms with Gasteiger partial charge in [0.25, 0.3) is 0 Å². The Bertz CT molecular complexity index is 1040. The zero-order valence-electron chi connectivity index (χ0n) is 16.6. The Labute approximate surface area is 170 Å². The van der Waals surface area contributed by atoms with Crippen LogP contribution in [0.5, 0.6) is 0 Å². The second-order valence-electron chi connectivity index (χ2n) is 7.00. The lowest BCUT2D eigenvalue weighted by molar-refractivity contribution is 0.120. The highest BCUT2D eigenvalue weighted by molar-refractivity contribution is 6.04. The van der Waals surface area contributed by atoms with Crippen molar-refractivity contribution in [1.82, 2.24) is 9.97 Å². The molecule has 4 rings (SSSR count). The van der Waals surface area contributed by atoms with Gasteiger partial charge in [-0.05, 0) is 25.3 Å². The van der Waals surface area contributed by atoms with Crippen LogP contribution in [0.4, 0.5) is 5.82 Å². The average Bonchev–Trinajstić information content (AvgIpc) is 3.41. The van der Waals surface area contributed by atoms with E-state index in [0.717, 1.165) is 47.4 Å². The number of rotatable bonds is 7. The maximum Gasteiger partial charge on any atom is 0.232 e.